The topological polar surface area (TPSA) is 47.0 Å². The average Bonchev–Trinajstić information content (AvgIpc) is 2.44. The molecule has 0 spiro atoms. The van der Waals surface area contributed by atoms with Gasteiger partial charge in [0.15, 0.2) is 5.82 Å². The van der Waals surface area contributed by atoms with E-state index < -0.39 is 0 Å². The largest absolute Gasteiger partial charge is 0.494 e. The van der Waals surface area contributed by atoms with Gasteiger partial charge < -0.3 is 10.1 Å². The van der Waals surface area contributed by atoms with E-state index in [4.69, 9.17) is 4.74 Å². The van der Waals surface area contributed by atoms with Gasteiger partial charge in [0.05, 0.1) is 6.61 Å². The van der Waals surface area contributed by atoms with Crippen molar-refractivity contribution >= 4 is 5.82 Å². The third-order valence-electron chi connectivity index (χ3n) is 3.14. The second kappa shape index (κ2) is 6.37. The molecule has 0 amide bonds. The Morgan fingerprint density at radius 1 is 1.15 bits per heavy atom. The minimum atomic E-state index is 0.653. The first-order chi connectivity index (χ1) is 9.65. The van der Waals surface area contributed by atoms with Gasteiger partial charge in [0, 0.05) is 23.4 Å². The summed E-state index contributed by atoms with van der Waals surface area (Å²) in [6.07, 6.45) is 0. The lowest BCUT2D eigenvalue weighted by Gasteiger charge is -2.11. The van der Waals surface area contributed by atoms with Gasteiger partial charge in [-0.3, -0.25) is 0 Å². The summed E-state index contributed by atoms with van der Waals surface area (Å²) in [5, 5.41) is 3.28. The molecule has 0 saturated heterocycles. The lowest BCUT2D eigenvalue weighted by Crippen LogP contribution is -2.06. The van der Waals surface area contributed by atoms with E-state index in [2.05, 4.69) is 22.2 Å². The summed E-state index contributed by atoms with van der Waals surface area (Å²) in [7, 11) is 0. The van der Waals surface area contributed by atoms with Crippen molar-refractivity contribution in [2.75, 3.05) is 18.5 Å². The Bertz CT molecular complexity index is 596. The molecule has 1 N–H and O–H groups in total. The van der Waals surface area contributed by atoms with Crippen LogP contribution >= 0.6 is 0 Å². The van der Waals surface area contributed by atoms with E-state index in [0.717, 1.165) is 40.8 Å². The Kier molecular flexibility index (Phi) is 4.56. The van der Waals surface area contributed by atoms with Crippen molar-refractivity contribution in [2.24, 2.45) is 0 Å². The van der Waals surface area contributed by atoms with Crippen molar-refractivity contribution in [1.82, 2.24) is 9.97 Å². The Labute approximate surface area is 120 Å². The maximum atomic E-state index is 5.53. The molecule has 0 aliphatic carbocycles. The molecule has 4 heteroatoms. The van der Waals surface area contributed by atoms with Crippen LogP contribution in [0.2, 0.25) is 0 Å². The Morgan fingerprint density at radius 2 is 1.95 bits per heavy atom. The van der Waals surface area contributed by atoms with Crippen LogP contribution in [0.25, 0.3) is 11.4 Å². The van der Waals surface area contributed by atoms with Crippen molar-refractivity contribution in [3.63, 3.8) is 0 Å². The number of anilines is 1. The fraction of sp³-hybridized carbons (Fsp3) is 0.375. The summed E-state index contributed by atoms with van der Waals surface area (Å²) in [4.78, 5) is 9.20. The fourth-order valence-corrected chi connectivity index (χ4v) is 1.99. The molecule has 0 aliphatic rings. The van der Waals surface area contributed by atoms with Gasteiger partial charge in [-0.1, -0.05) is 12.1 Å². The highest BCUT2D eigenvalue weighted by Gasteiger charge is 2.09. The van der Waals surface area contributed by atoms with Gasteiger partial charge in [-0.05, 0) is 39.8 Å². The quantitative estimate of drug-likeness (QED) is 0.902. The molecule has 0 fully saturated rings. The van der Waals surface area contributed by atoms with E-state index in [0.29, 0.717) is 6.61 Å². The van der Waals surface area contributed by atoms with Crippen molar-refractivity contribution < 1.29 is 4.74 Å². The molecule has 2 aromatic rings. The van der Waals surface area contributed by atoms with E-state index in [1.807, 2.05) is 45.0 Å². The summed E-state index contributed by atoms with van der Waals surface area (Å²) in [6, 6.07) is 7.89. The number of hydrogen-bond donors (Lipinski definition) is 1. The molecule has 0 radical (unpaired) electrons. The van der Waals surface area contributed by atoms with Crippen LogP contribution in [0.15, 0.2) is 24.3 Å². The molecular formula is C16H21N3O. The first kappa shape index (κ1) is 14.3. The maximum Gasteiger partial charge on any atom is 0.161 e. The number of hydrogen-bond acceptors (Lipinski definition) is 4. The number of rotatable bonds is 5. The molecule has 0 bridgehead atoms. The summed E-state index contributed by atoms with van der Waals surface area (Å²) >= 11 is 0. The Balaban J connectivity index is 2.44. The molecule has 1 aromatic heterocycles. The second-order valence-corrected chi connectivity index (χ2v) is 4.60. The van der Waals surface area contributed by atoms with Crippen molar-refractivity contribution in [3.8, 4) is 17.1 Å². The van der Waals surface area contributed by atoms with Crippen LogP contribution < -0.4 is 10.1 Å². The highest BCUT2D eigenvalue weighted by atomic mass is 16.5. The smallest absolute Gasteiger partial charge is 0.161 e. The van der Waals surface area contributed by atoms with Gasteiger partial charge in [0.1, 0.15) is 11.6 Å². The van der Waals surface area contributed by atoms with Crippen LogP contribution in [0.3, 0.4) is 0 Å². The van der Waals surface area contributed by atoms with E-state index >= 15 is 0 Å². The first-order valence-corrected chi connectivity index (χ1v) is 6.98. The molecule has 0 saturated carbocycles. The van der Waals surface area contributed by atoms with Crippen LogP contribution in [0.5, 0.6) is 5.75 Å². The zero-order chi connectivity index (χ0) is 14.5. The van der Waals surface area contributed by atoms with Gasteiger partial charge in [0.2, 0.25) is 0 Å². The van der Waals surface area contributed by atoms with Gasteiger partial charge in [-0.2, -0.15) is 0 Å². The third kappa shape index (κ3) is 3.07. The minimum absolute atomic E-state index is 0.653. The number of ether oxygens (including phenoxy) is 1. The molecule has 106 valence electrons. The molecule has 2 rings (SSSR count). The van der Waals surface area contributed by atoms with Gasteiger partial charge in [-0.25, -0.2) is 9.97 Å². The van der Waals surface area contributed by atoms with Crippen molar-refractivity contribution in [3.05, 3.63) is 35.5 Å². The van der Waals surface area contributed by atoms with Crippen LogP contribution in [0.4, 0.5) is 5.82 Å². The van der Waals surface area contributed by atoms with Crippen LogP contribution in [0.1, 0.15) is 25.1 Å². The summed E-state index contributed by atoms with van der Waals surface area (Å²) in [5.41, 5.74) is 3.06. The van der Waals surface area contributed by atoms with E-state index in [-0.39, 0.29) is 0 Å². The standard InChI is InChI=1S/C16H21N3O/c1-5-17-15-11(3)12(4)18-16(19-15)13-8-7-9-14(10-13)20-6-2/h7-10H,5-6H2,1-4H3,(H,17,18,19). The van der Waals surface area contributed by atoms with Crippen molar-refractivity contribution in [1.29, 1.82) is 0 Å². The maximum absolute atomic E-state index is 5.53. The Morgan fingerprint density at radius 3 is 2.65 bits per heavy atom. The number of aromatic nitrogens is 2. The summed E-state index contributed by atoms with van der Waals surface area (Å²) in [5.74, 6) is 2.47. The van der Waals surface area contributed by atoms with Crippen LogP contribution in [0, 0.1) is 13.8 Å². The first-order valence-electron chi connectivity index (χ1n) is 6.98. The van der Waals surface area contributed by atoms with Crippen LogP contribution in [-0.2, 0) is 0 Å². The summed E-state index contributed by atoms with van der Waals surface area (Å²) < 4.78 is 5.53. The molecule has 4 nitrogen and oxygen atoms in total. The molecule has 0 aliphatic heterocycles. The zero-order valence-electron chi connectivity index (χ0n) is 12.5. The predicted octanol–water partition coefficient (Wildman–Crippen LogP) is 3.59. The summed E-state index contributed by atoms with van der Waals surface area (Å²) in [6.45, 7) is 9.58. The van der Waals surface area contributed by atoms with Gasteiger partial charge in [-0.15, -0.1) is 0 Å². The van der Waals surface area contributed by atoms with E-state index in [1.54, 1.807) is 0 Å². The molecule has 1 aromatic carbocycles. The monoisotopic (exact) mass is 271 g/mol. The van der Waals surface area contributed by atoms with Gasteiger partial charge >= 0.3 is 0 Å². The fourth-order valence-electron chi connectivity index (χ4n) is 1.99. The third-order valence-corrected chi connectivity index (χ3v) is 3.14. The zero-order valence-corrected chi connectivity index (χ0v) is 12.5. The van der Waals surface area contributed by atoms with Gasteiger partial charge in [0.25, 0.3) is 0 Å². The average molecular weight is 271 g/mol. The SMILES string of the molecule is CCNc1nc(-c2cccc(OCC)c2)nc(C)c1C. The number of benzene rings is 1. The number of nitrogens with zero attached hydrogens (tertiary/aromatic N) is 2. The normalized spacial score (nSPS) is 10.4. The molecule has 1 heterocycles. The lowest BCUT2D eigenvalue weighted by molar-refractivity contribution is 0.340. The lowest BCUT2D eigenvalue weighted by atomic mass is 10.1. The predicted molar refractivity (Wildman–Crippen MR) is 82.3 cm³/mol. The second-order valence-electron chi connectivity index (χ2n) is 4.60. The molecule has 0 atom stereocenters. The minimum Gasteiger partial charge on any atom is -0.494 e. The molecular weight excluding hydrogens is 250 g/mol. The molecule has 0 unspecified atom stereocenters. The highest BCUT2D eigenvalue weighted by molar-refractivity contribution is 5.61. The van der Waals surface area contributed by atoms with Crippen molar-refractivity contribution in [2.45, 2.75) is 27.7 Å². The number of aryl methyl sites for hydroxylation is 1. The van der Waals surface area contributed by atoms with Crippen LogP contribution in [-0.4, -0.2) is 23.1 Å². The van der Waals surface area contributed by atoms with E-state index in [1.165, 1.54) is 0 Å². The highest BCUT2D eigenvalue weighted by Crippen LogP contribution is 2.24. The molecule has 20 heavy (non-hydrogen) atoms. The van der Waals surface area contributed by atoms with E-state index in [9.17, 15) is 0 Å². The Hall–Kier alpha value is -2.10. The number of nitrogens with one attached hydrogen (secondary N) is 1.